The number of Topliss-reactive ketones (excluding diaryl/α,β-unsaturated/α-hetero) is 1. The molecule has 0 saturated carbocycles. The maximum absolute atomic E-state index is 12.9. The minimum Gasteiger partial charge on any atom is -0.358 e. The summed E-state index contributed by atoms with van der Waals surface area (Å²) in [6.07, 6.45) is 3.66. The van der Waals surface area contributed by atoms with Gasteiger partial charge in [0.2, 0.25) is 5.78 Å². The zero-order valence-electron chi connectivity index (χ0n) is 13.5. The van der Waals surface area contributed by atoms with Gasteiger partial charge in [-0.1, -0.05) is 30.3 Å². The highest BCUT2D eigenvalue weighted by Crippen LogP contribution is 2.25. The zero-order chi connectivity index (χ0) is 17.1. The van der Waals surface area contributed by atoms with Gasteiger partial charge in [0.1, 0.15) is 11.6 Å². The van der Waals surface area contributed by atoms with Gasteiger partial charge in [0, 0.05) is 21.5 Å². The first kappa shape index (κ1) is 16.1. The summed E-state index contributed by atoms with van der Waals surface area (Å²) in [6, 6.07) is 17.5. The Bertz CT molecular complexity index is 975. The maximum Gasteiger partial charge on any atom is 0.205 e. The van der Waals surface area contributed by atoms with E-state index in [1.54, 1.807) is 17.8 Å². The van der Waals surface area contributed by atoms with Gasteiger partial charge < -0.3 is 4.98 Å². The molecule has 0 radical (unpaired) electrons. The fourth-order valence-corrected chi connectivity index (χ4v) is 3.13. The Morgan fingerprint density at radius 1 is 1.17 bits per heavy atom. The number of rotatable bonds is 4. The number of carbonyl (C=O) groups excluding carboxylic acids is 1. The predicted molar refractivity (Wildman–Crippen MR) is 99.2 cm³/mol. The van der Waals surface area contributed by atoms with Crippen molar-refractivity contribution in [3.63, 3.8) is 0 Å². The molecule has 24 heavy (non-hydrogen) atoms. The van der Waals surface area contributed by atoms with E-state index in [1.807, 2.05) is 61.7 Å². The van der Waals surface area contributed by atoms with Gasteiger partial charge in [-0.15, -0.1) is 11.8 Å². The normalized spacial score (nSPS) is 11.5. The van der Waals surface area contributed by atoms with Crippen molar-refractivity contribution in [3.8, 4) is 6.07 Å². The average Bonchev–Trinajstić information content (AvgIpc) is 2.95. The van der Waals surface area contributed by atoms with E-state index in [0.717, 1.165) is 27.1 Å². The maximum atomic E-state index is 12.9. The van der Waals surface area contributed by atoms with Crippen molar-refractivity contribution in [1.29, 1.82) is 5.26 Å². The fourth-order valence-electron chi connectivity index (χ4n) is 2.72. The van der Waals surface area contributed by atoms with E-state index in [4.69, 9.17) is 0 Å². The monoisotopic (exact) mass is 332 g/mol. The van der Waals surface area contributed by atoms with Gasteiger partial charge in [0.05, 0.1) is 5.56 Å². The lowest BCUT2D eigenvalue weighted by atomic mass is 9.99. The van der Waals surface area contributed by atoms with Crippen LogP contribution in [0.25, 0.3) is 17.0 Å². The first-order valence-electron chi connectivity index (χ1n) is 7.52. The number of allylic oxidation sites excluding steroid dienone is 1. The molecular weight excluding hydrogens is 316 g/mol. The van der Waals surface area contributed by atoms with E-state index in [1.165, 1.54) is 0 Å². The second kappa shape index (κ2) is 6.77. The molecule has 3 nitrogen and oxygen atoms in total. The van der Waals surface area contributed by atoms with Crippen molar-refractivity contribution < 1.29 is 4.79 Å². The molecule has 0 aliphatic carbocycles. The molecule has 3 aromatic rings. The molecule has 4 heteroatoms. The van der Waals surface area contributed by atoms with Crippen LogP contribution in [-0.4, -0.2) is 17.0 Å². The molecule has 2 aromatic carbocycles. The Hall–Kier alpha value is -2.77. The van der Waals surface area contributed by atoms with Gasteiger partial charge in [0.15, 0.2) is 0 Å². The molecule has 0 aliphatic heterocycles. The predicted octanol–water partition coefficient (Wildman–Crippen LogP) is 4.99. The number of para-hydroxylation sites is 1. The Morgan fingerprint density at radius 2 is 1.88 bits per heavy atom. The number of carbonyl (C=O) groups is 1. The summed E-state index contributed by atoms with van der Waals surface area (Å²) in [5, 5.41) is 10.3. The number of hydrogen-bond acceptors (Lipinski definition) is 3. The van der Waals surface area contributed by atoms with Crippen molar-refractivity contribution in [2.45, 2.75) is 11.8 Å². The summed E-state index contributed by atoms with van der Waals surface area (Å²) >= 11 is 1.65. The number of nitriles is 1. The summed E-state index contributed by atoms with van der Waals surface area (Å²) < 4.78 is 0. The quantitative estimate of drug-likeness (QED) is 0.317. The Morgan fingerprint density at radius 3 is 2.54 bits per heavy atom. The van der Waals surface area contributed by atoms with E-state index >= 15 is 0 Å². The van der Waals surface area contributed by atoms with Crippen molar-refractivity contribution >= 4 is 34.5 Å². The van der Waals surface area contributed by atoms with Crippen LogP contribution in [0.2, 0.25) is 0 Å². The molecule has 0 aliphatic rings. The van der Waals surface area contributed by atoms with Crippen LogP contribution in [0.5, 0.6) is 0 Å². The van der Waals surface area contributed by atoms with Crippen LogP contribution < -0.4 is 0 Å². The fraction of sp³-hybridized carbons (Fsp3) is 0.100. The molecule has 0 unspecified atom stereocenters. The number of ketones is 1. The van der Waals surface area contributed by atoms with E-state index in [0.29, 0.717) is 5.56 Å². The van der Waals surface area contributed by atoms with Crippen LogP contribution in [0.1, 0.15) is 21.6 Å². The number of fused-ring (bicyclic) bond motifs is 1. The molecular formula is C20H16N2OS. The van der Waals surface area contributed by atoms with Crippen LogP contribution in [0, 0.1) is 18.3 Å². The van der Waals surface area contributed by atoms with Crippen molar-refractivity contribution in [2.24, 2.45) is 0 Å². The van der Waals surface area contributed by atoms with E-state index in [2.05, 4.69) is 11.1 Å². The van der Waals surface area contributed by atoms with Crippen molar-refractivity contribution in [3.05, 3.63) is 70.9 Å². The largest absolute Gasteiger partial charge is 0.358 e. The van der Waals surface area contributed by atoms with Gasteiger partial charge >= 0.3 is 0 Å². The summed E-state index contributed by atoms with van der Waals surface area (Å²) in [7, 11) is 0. The lowest BCUT2D eigenvalue weighted by Crippen LogP contribution is -2.03. The minimum atomic E-state index is -0.249. The van der Waals surface area contributed by atoms with Crippen molar-refractivity contribution in [2.75, 3.05) is 6.26 Å². The van der Waals surface area contributed by atoms with Crippen LogP contribution in [0.15, 0.2) is 59.0 Å². The number of thioether (sulfide) groups is 1. The molecule has 3 rings (SSSR count). The summed E-state index contributed by atoms with van der Waals surface area (Å²) in [5.41, 5.74) is 3.23. The van der Waals surface area contributed by atoms with E-state index < -0.39 is 0 Å². The standard InChI is InChI=1S/C20H16N2OS/c1-13-19(17-5-3-4-6-18(17)22-13)20(23)15(12-21)11-14-7-9-16(24-2)10-8-14/h3-11,22H,1-2H3/b15-11-. The number of nitrogens with zero attached hydrogens (tertiary/aromatic N) is 1. The molecule has 1 heterocycles. The SMILES string of the molecule is CSc1ccc(/C=C(/C#N)C(=O)c2c(C)[nH]c3ccccc23)cc1. The summed E-state index contributed by atoms with van der Waals surface area (Å²) in [4.78, 5) is 17.2. The topological polar surface area (TPSA) is 56.6 Å². The average molecular weight is 332 g/mol. The zero-order valence-corrected chi connectivity index (χ0v) is 14.3. The molecule has 0 atom stereocenters. The minimum absolute atomic E-state index is 0.139. The van der Waals surface area contributed by atoms with Crippen LogP contribution in [0.4, 0.5) is 0 Å². The third-order valence-electron chi connectivity index (χ3n) is 3.91. The van der Waals surface area contributed by atoms with Gasteiger partial charge in [-0.25, -0.2) is 0 Å². The van der Waals surface area contributed by atoms with Crippen LogP contribution >= 0.6 is 11.8 Å². The third kappa shape index (κ3) is 2.99. The van der Waals surface area contributed by atoms with Gasteiger partial charge in [-0.05, 0) is 43.0 Å². The van der Waals surface area contributed by atoms with Crippen molar-refractivity contribution in [1.82, 2.24) is 4.98 Å². The molecule has 0 amide bonds. The number of benzene rings is 2. The van der Waals surface area contributed by atoms with Gasteiger partial charge in [0.25, 0.3) is 0 Å². The third-order valence-corrected chi connectivity index (χ3v) is 4.66. The molecule has 0 bridgehead atoms. The number of aromatic nitrogens is 1. The Balaban J connectivity index is 2.03. The summed E-state index contributed by atoms with van der Waals surface area (Å²) in [5.74, 6) is -0.249. The molecule has 0 saturated heterocycles. The second-order valence-electron chi connectivity index (χ2n) is 5.44. The first-order valence-corrected chi connectivity index (χ1v) is 8.74. The summed E-state index contributed by atoms with van der Waals surface area (Å²) in [6.45, 7) is 1.86. The number of nitrogens with one attached hydrogen (secondary N) is 1. The van der Waals surface area contributed by atoms with Gasteiger partial charge in [-0.3, -0.25) is 4.79 Å². The number of hydrogen-bond donors (Lipinski definition) is 1. The van der Waals surface area contributed by atoms with Crippen LogP contribution in [0.3, 0.4) is 0 Å². The Kier molecular flexibility index (Phi) is 4.54. The van der Waals surface area contributed by atoms with E-state index in [9.17, 15) is 10.1 Å². The molecule has 118 valence electrons. The van der Waals surface area contributed by atoms with E-state index in [-0.39, 0.29) is 11.4 Å². The first-order chi connectivity index (χ1) is 11.6. The number of aryl methyl sites for hydroxylation is 1. The lowest BCUT2D eigenvalue weighted by Gasteiger charge is -2.01. The molecule has 0 spiro atoms. The van der Waals surface area contributed by atoms with Crippen LogP contribution in [-0.2, 0) is 0 Å². The smallest absolute Gasteiger partial charge is 0.205 e. The highest BCUT2D eigenvalue weighted by molar-refractivity contribution is 7.98. The second-order valence-corrected chi connectivity index (χ2v) is 6.32. The molecule has 1 aromatic heterocycles. The number of aromatic amines is 1. The lowest BCUT2D eigenvalue weighted by molar-refractivity contribution is 0.104. The Labute approximate surface area is 145 Å². The van der Waals surface area contributed by atoms with Gasteiger partial charge in [-0.2, -0.15) is 5.26 Å². The highest BCUT2D eigenvalue weighted by Gasteiger charge is 2.19. The highest BCUT2D eigenvalue weighted by atomic mass is 32.2. The number of H-pyrrole nitrogens is 1. The molecule has 0 fully saturated rings. The molecule has 1 N–H and O–H groups in total.